The van der Waals surface area contributed by atoms with Crippen LogP contribution in [-0.4, -0.2) is 17.4 Å². The number of carbonyl (C=O) groups excluding carboxylic acids is 2. The number of nitriles is 1. The van der Waals surface area contributed by atoms with Crippen molar-refractivity contribution in [3.63, 3.8) is 0 Å². The van der Waals surface area contributed by atoms with Gasteiger partial charge in [-0.15, -0.1) is 0 Å². The number of rotatable bonds is 4. The van der Waals surface area contributed by atoms with Gasteiger partial charge in [-0.05, 0) is 71.7 Å². The molecule has 6 heteroatoms. The molecule has 2 aliphatic carbocycles. The van der Waals surface area contributed by atoms with Gasteiger partial charge in [-0.2, -0.15) is 5.26 Å². The fraction of sp³-hybridized carbons (Fsp3) is 0.189. The molecule has 1 heterocycles. The Morgan fingerprint density at radius 3 is 2.49 bits per heavy atom. The Kier molecular flexibility index (Phi) is 6.41. The van der Waals surface area contributed by atoms with Crippen molar-refractivity contribution in [3.8, 4) is 6.07 Å². The second-order valence-corrected chi connectivity index (χ2v) is 12.1. The van der Waals surface area contributed by atoms with Crippen LogP contribution in [0, 0.1) is 35.5 Å². The SMILES string of the molecule is Cc1ccc(C(=O)[C@H]2[C@@H]3CCc4ccccc4C3=C(C#N)C(=N)[C@@]23C(=O)N(Cc2ccccc2)c2ccc(Cl)cc23)cc1. The van der Waals surface area contributed by atoms with Crippen molar-refractivity contribution < 1.29 is 9.59 Å². The molecule has 4 aromatic carbocycles. The van der Waals surface area contributed by atoms with E-state index in [2.05, 4.69) is 6.07 Å². The van der Waals surface area contributed by atoms with Crippen LogP contribution in [0.15, 0.2) is 103 Å². The highest BCUT2D eigenvalue weighted by Crippen LogP contribution is 2.59. The van der Waals surface area contributed by atoms with E-state index >= 15 is 4.79 Å². The van der Waals surface area contributed by atoms with Crippen molar-refractivity contribution >= 4 is 40.3 Å². The Labute approximate surface area is 255 Å². The maximum atomic E-state index is 15.1. The van der Waals surface area contributed by atoms with Gasteiger partial charge in [0.15, 0.2) is 5.78 Å². The second-order valence-electron chi connectivity index (χ2n) is 11.6. The van der Waals surface area contributed by atoms with Gasteiger partial charge < -0.3 is 10.3 Å². The number of Topliss-reactive ketones (excluding diaryl/α,β-unsaturated/α-hetero) is 1. The Bertz CT molecular complexity index is 1900. The quantitative estimate of drug-likeness (QED) is 0.253. The zero-order chi connectivity index (χ0) is 29.9. The van der Waals surface area contributed by atoms with Crippen LogP contribution in [0.3, 0.4) is 0 Å². The van der Waals surface area contributed by atoms with Crippen LogP contribution >= 0.6 is 11.6 Å². The number of anilines is 1. The standard InChI is InChI=1S/C37H28ClN3O2/c1-22-11-13-25(14-12-22)34(42)33-28-17-15-24-9-5-6-10-27(24)32(28)29(20-39)35(40)37(33)30-19-26(38)16-18-31(30)41(36(37)43)21-23-7-3-2-4-8-23/h2-14,16,18-19,28,33,40H,15,17,21H2,1H3/t28-,33-,37+/m1/s1. The Morgan fingerprint density at radius 1 is 1.02 bits per heavy atom. The molecule has 0 radical (unpaired) electrons. The van der Waals surface area contributed by atoms with Crippen molar-refractivity contribution in [1.29, 1.82) is 10.7 Å². The molecule has 0 aromatic heterocycles. The zero-order valence-electron chi connectivity index (χ0n) is 23.6. The molecule has 1 spiro atoms. The molecule has 3 atom stereocenters. The fourth-order valence-electron chi connectivity index (χ4n) is 7.45. The van der Waals surface area contributed by atoms with Crippen LogP contribution < -0.4 is 4.90 Å². The average Bonchev–Trinajstić information content (AvgIpc) is 3.25. The van der Waals surface area contributed by atoms with E-state index in [1.54, 1.807) is 35.2 Å². The van der Waals surface area contributed by atoms with Crippen molar-refractivity contribution in [1.82, 2.24) is 0 Å². The van der Waals surface area contributed by atoms with Gasteiger partial charge in [0.1, 0.15) is 11.5 Å². The van der Waals surface area contributed by atoms with Crippen LogP contribution in [0.4, 0.5) is 5.69 Å². The third kappa shape index (κ3) is 3.94. The lowest BCUT2D eigenvalue weighted by Crippen LogP contribution is -2.59. The zero-order valence-corrected chi connectivity index (χ0v) is 24.4. The van der Waals surface area contributed by atoms with Crippen LogP contribution in [0.1, 0.15) is 44.6 Å². The Balaban J connectivity index is 1.53. The highest BCUT2D eigenvalue weighted by molar-refractivity contribution is 6.35. The van der Waals surface area contributed by atoms with Gasteiger partial charge in [0.05, 0.1) is 23.7 Å². The first-order chi connectivity index (χ1) is 20.9. The minimum atomic E-state index is -1.71. The van der Waals surface area contributed by atoms with E-state index in [1.165, 1.54) is 0 Å². The summed E-state index contributed by atoms with van der Waals surface area (Å²) >= 11 is 6.60. The number of halogens is 1. The predicted molar refractivity (Wildman–Crippen MR) is 168 cm³/mol. The lowest BCUT2D eigenvalue weighted by Gasteiger charge is -2.47. The van der Waals surface area contributed by atoms with E-state index in [0.29, 0.717) is 40.3 Å². The highest BCUT2D eigenvalue weighted by atomic mass is 35.5. The number of nitrogens with one attached hydrogen (secondary N) is 1. The molecule has 0 bridgehead atoms. The molecule has 0 unspecified atom stereocenters. The predicted octanol–water partition coefficient (Wildman–Crippen LogP) is 7.51. The maximum absolute atomic E-state index is 15.1. The summed E-state index contributed by atoms with van der Waals surface area (Å²) in [5.41, 5.74) is 4.55. The van der Waals surface area contributed by atoms with E-state index in [0.717, 1.165) is 22.3 Å². The molecule has 43 heavy (non-hydrogen) atoms. The first-order valence-electron chi connectivity index (χ1n) is 14.4. The largest absolute Gasteiger partial charge is 0.307 e. The first-order valence-corrected chi connectivity index (χ1v) is 14.8. The van der Waals surface area contributed by atoms with Gasteiger partial charge in [-0.3, -0.25) is 9.59 Å². The van der Waals surface area contributed by atoms with Crippen molar-refractivity contribution in [2.45, 2.75) is 31.7 Å². The lowest BCUT2D eigenvalue weighted by atomic mass is 9.52. The van der Waals surface area contributed by atoms with Gasteiger partial charge in [0, 0.05) is 16.3 Å². The number of amides is 1. The topological polar surface area (TPSA) is 85.0 Å². The molecule has 210 valence electrons. The van der Waals surface area contributed by atoms with Gasteiger partial charge in [0.2, 0.25) is 5.91 Å². The van der Waals surface area contributed by atoms with Crippen molar-refractivity contribution in [2.75, 3.05) is 4.90 Å². The second kappa shape index (κ2) is 10.2. The Hall–Kier alpha value is -4.79. The van der Waals surface area contributed by atoms with Gasteiger partial charge >= 0.3 is 0 Å². The number of carbonyl (C=O) groups is 2. The molecule has 0 saturated heterocycles. The van der Waals surface area contributed by atoms with E-state index < -0.39 is 17.3 Å². The van der Waals surface area contributed by atoms with E-state index in [4.69, 9.17) is 11.6 Å². The summed E-state index contributed by atoms with van der Waals surface area (Å²) in [6.45, 7) is 2.23. The number of hydrogen-bond donors (Lipinski definition) is 1. The maximum Gasteiger partial charge on any atom is 0.244 e. The summed E-state index contributed by atoms with van der Waals surface area (Å²) in [4.78, 5) is 31.7. The highest BCUT2D eigenvalue weighted by Gasteiger charge is 2.66. The third-order valence-electron chi connectivity index (χ3n) is 9.36. The molecule has 5 nitrogen and oxygen atoms in total. The summed E-state index contributed by atoms with van der Waals surface area (Å²) in [5.74, 6) is -1.95. The van der Waals surface area contributed by atoms with Crippen LogP contribution in [-0.2, 0) is 23.2 Å². The minimum absolute atomic E-state index is 0.132. The molecule has 7 rings (SSSR count). The molecule has 1 N–H and O–H groups in total. The summed E-state index contributed by atoms with van der Waals surface area (Å²) < 4.78 is 0. The van der Waals surface area contributed by atoms with Gasteiger partial charge in [-0.1, -0.05) is 96.0 Å². The summed E-state index contributed by atoms with van der Waals surface area (Å²) in [7, 11) is 0. The van der Waals surface area contributed by atoms with E-state index in [1.807, 2.05) is 73.7 Å². The monoisotopic (exact) mass is 581 g/mol. The number of fused-ring (bicyclic) bond motifs is 5. The lowest BCUT2D eigenvalue weighted by molar-refractivity contribution is -0.122. The molecule has 1 amide bonds. The Morgan fingerprint density at radius 2 is 1.74 bits per heavy atom. The minimum Gasteiger partial charge on any atom is -0.307 e. The summed E-state index contributed by atoms with van der Waals surface area (Å²) in [6, 6.07) is 32.5. The third-order valence-corrected chi connectivity index (χ3v) is 9.59. The molecule has 4 aromatic rings. The number of ketones is 1. The number of hydrogen-bond acceptors (Lipinski definition) is 4. The van der Waals surface area contributed by atoms with E-state index in [-0.39, 0.29) is 29.5 Å². The van der Waals surface area contributed by atoms with Gasteiger partial charge in [0.25, 0.3) is 0 Å². The number of aryl methyl sites for hydroxylation is 2. The molecule has 0 fully saturated rings. The van der Waals surface area contributed by atoms with Crippen LogP contribution in [0.25, 0.3) is 5.57 Å². The summed E-state index contributed by atoms with van der Waals surface area (Å²) in [5, 5.41) is 20.8. The summed E-state index contributed by atoms with van der Waals surface area (Å²) in [6.07, 6.45) is 1.28. The molecular formula is C37H28ClN3O2. The van der Waals surface area contributed by atoms with Crippen molar-refractivity contribution in [3.05, 3.63) is 141 Å². The molecule has 1 aliphatic heterocycles. The number of nitrogens with zero attached hydrogens (tertiary/aromatic N) is 2. The fourth-order valence-corrected chi connectivity index (χ4v) is 7.63. The van der Waals surface area contributed by atoms with Gasteiger partial charge in [-0.25, -0.2) is 0 Å². The van der Waals surface area contributed by atoms with E-state index in [9.17, 15) is 15.5 Å². The first kappa shape index (κ1) is 27.1. The van der Waals surface area contributed by atoms with Crippen LogP contribution in [0.2, 0.25) is 5.02 Å². The normalized spacial score (nSPS) is 22.2. The smallest absolute Gasteiger partial charge is 0.244 e. The molecular weight excluding hydrogens is 554 g/mol. The molecule has 0 saturated carbocycles. The van der Waals surface area contributed by atoms with Crippen LogP contribution in [0.5, 0.6) is 0 Å². The molecule has 3 aliphatic rings. The number of benzene rings is 4. The average molecular weight is 582 g/mol. The van der Waals surface area contributed by atoms with Crippen molar-refractivity contribution in [2.24, 2.45) is 11.8 Å². The number of allylic oxidation sites excluding steroid dienone is 2.